The number of amides is 1. The molecule has 0 radical (unpaired) electrons. The maximum atomic E-state index is 11.5. The summed E-state index contributed by atoms with van der Waals surface area (Å²) in [4.78, 5) is 13.1. The summed E-state index contributed by atoms with van der Waals surface area (Å²) in [6.45, 7) is 0.764. The van der Waals surface area contributed by atoms with Gasteiger partial charge in [0.05, 0.1) is 6.04 Å². The minimum absolute atomic E-state index is 0.0631. The fraction of sp³-hybridized carbons (Fsp3) is 0.300. The number of nitrogens with zero attached hydrogens (tertiary/aromatic N) is 1. The summed E-state index contributed by atoms with van der Waals surface area (Å²) in [7, 11) is 0. The highest BCUT2D eigenvalue weighted by atomic mass is 79.9. The van der Waals surface area contributed by atoms with Gasteiger partial charge in [0.1, 0.15) is 6.61 Å². The molecule has 1 atom stereocenters. The lowest BCUT2D eigenvalue weighted by atomic mass is 10.2. The van der Waals surface area contributed by atoms with Gasteiger partial charge in [-0.2, -0.15) is 0 Å². The van der Waals surface area contributed by atoms with E-state index >= 15 is 0 Å². The zero-order valence-corrected chi connectivity index (χ0v) is 9.61. The first-order chi connectivity index (χ1) is 7.22. The van der Waals surface area contributed by atoms with Crippen molar-refractivity contribution in [2.24, 2.45) is 5.73 Å². The molecule has 0 aromatic heterocycles. The van der Waals surface area contributed by atoms with E-state index < -0.39 is 0 Å². The van der Waals surface area contributed by atoms with Crippen LogP contribution in [0.4, 0.5) is 10.5 Å². The quantitative estimate of drug-likeness (QED) is 0.891. The monoisotopic (exact) mass is 270 g/mol. The molecule has 5 heteroatoms. The van der Waals surface area contributed by atoms with Gasteiger partial charge in [-0.05, 0) is 18.2 Å². The Balaban J connectivity index is 2.32. The molecule has 1 aromatic rings. The Morgan fingerprint density at radius 1 is 1.60 bits per heavy atom. The molecule has 4 nitrogen and oxygen atoms in total. The van der Waals surface area contributed by atoms with E-state index in [1.165, 1.54) is 0 Å². The SMILES string of the molecule is NCC1COC(=O)N1c1cccc(Br)c1. The molecule has 2 rings (SSSR count). The number of nitrogens with two attached hydrogens (primary N) is 1. The van der Waals surface area contributed by atoms with Crippen LogP contribution in [-0.2, 0) is 4.74 Å². The van der Waals surface area contributed by atoms with Crippen molar-refractivity contribution >= 4 is 27.7 Å². The lowest BCUT2D eigenvalue weighted by Gasteiger charge is -2.19. The molecule has 1 aromatic carbocycles. The van der Waals surface area contributed by atoms with Crippen molar-refractivity contribution in [2.75, 3.05) is 18.1 Å². The predicted molar refractivity (Wildman–Crippen MR) is 60.8 cm³/mol. The van der Waals surface area contributed by atoms with Crippen LogP contribution in [-0.4, -0.2) is 25.3 Å². The van der Waals surface area contributed by atoms with E-state index in [9.17, 15) is 4.79 Å². The van der Waals surface area contributed by atoms with Crippen LogP contribution in [0.1, 0.15) is 0 Å². The zero-order valence-electron chi connectivity index (χ0n) is 8.02. The first kappa shape index (κ1) is 10.4. The van der Waals surface area contributed by atoms with Crippen molar-refractivity contribution in [3.8, 4) is 0 Å². The average molecular weight is 271 g/mol. The number of ether oxygens (including phenoxy) is 1. The smallest absolute Gasteiger partial charge is 0.414 e. The second kappa shape index (κ2) is 4.20. The minimum atomic E-state index is -0.330. The third kappa shape index (κ3) is 1.98. The van der Waals surface area contributed by atoms with E-state index in [1.807, 2.05) is 24.3 Å². The summed E-state index contributed by atoms with van der Waals surface area (Å²) >= 11 is 3.36. The maximum Gasteiger partial charge on any atom is 0.414 e. The second-order valence-electron chi connectivity index (χ2n) is 3.32. The number of anilines is 1. The van der Waals surface area contributed by atoms with E-state index in [0.29, 0.717) is 13.2 Å². The summed E-state index contributed by atoms with van der Waals surface area (Å²) in [5, 5.41) is 0. The fourth-order valence-electron chi connectivity index (χ4n) is 1.58. The van der Waals surface area contributed by atoms with Gasteiger partial charge in [-0.15, -0.1) is 0 Å². The van der Waals surface area contributed by atoms with Crippen molar-refractivity contribution in [2.45, 2.75) is 6.04 Å². The Labute approximate surface area is 96.1 Å². The molecule has 80 valence electrons. The highest BCUT2D eigenvalue weighted by Gasteiger charge is 2.33. The first-order valence-electron chi connectivity index (χ1n) is 4.64. The molecule has 0 aliphatic carbocycles. The van der Waals surface area contributed by atoms with E-state index in [0.717, 1.165) is 10.2 Å². The Kier molecular flexibility index (Phi) is 2.93. The molecule has 0 spiro atoms. The van der Waals surface area contributed by atoms with Crippen LogP contribution in [0.5, 0.6) is 0 Å². The van der Waals surface area contributed by atoms with Gasteiger partial charge in [-0.1, -0.05) is 22.0 Å². The van der Waals surface area contributed by atoms with Crippen LogP contribution >= 0.6 is 15.9 Å². The second-order valence-corrected chi connectivity index (χ2v) is 4.23. The summed E-state index contributed by atoms with van der Waals surface area (Å²) in [6.07, 6.45) is -0.330. The molecule has 0 bridgehead atoms. The lowest BCUT2D eigenvalue weighted by molar-refractivity contribution is 0.179. The van der Waals surface area contributed by atoms with Crippen LogP contribution in [0, 0.1) is 0 Å². The van der Waals surface area contributed by atoms with E-state index in [1.54, 1.807) is 4.90 Å². The van der Waals surface area contributed by atoms with Gasteiger partial charge in [0, 0.05) is 16.7 Å². The van der Waals surface area contributed by atoms with E-state index in [2.05, 4.69) is 15.9 Å². The van der Waals surface area contributed by atoms with Crippen molar-refractivity contribution in [3.05, 3.63) is 28.7 Å². The number of cyclic esters (lactones) is 1. The molecular formula is C10H11BrN2O2. The minimum Gasteiger partial charge on any atom is -0.447 e. The third-order valence-electron chi connectivity index (χ3n) is 2.32. The van der Waals surface area contributed by atoms with Gasteiger partial charge in [0.2, 0.25) is 0 Å². The molecule has 0 saturated carbocycles. The summed E-state index contributed by atoms with van der Waals surface area (Å²) in [6, 6.07) is 7.45. The van der Waals surface area contributed by atoms with Crippen LogP contribution in [0.3, 0.4) is 0 Å². The van der Waals surface area contributed by atoms with Crippen molar-refractivity contribution in [1.29, 1.82) is 0 Å². The molecule has 1 saturated heterocycles. The van der Waals surface area contributed by atoms with Gasteiger partial charge in [0.15, 0.2) is 0 Å². The third-order valence-corrected chi connectivity index (χ3v) is 2.81. The predicted octanol–water partition coefficient (Wildman–Crippen LogP) is 1.73. The van der Waals surface area contributed by atoms with E-state index in [-0.39, 0.29) is 12.1 Å². The summed E-state index contributed by atoms with van der Waals surface area (Å²) in [5.74, 6) is 0. The number of hydrogen-bond acceptors (Lipinski definition) is 3. The zero-order chi connectivity index (χ0) is 10.8. The average Bonchev–Trinajstić information content (AvgIpc) is 2.59. The molecule has 1 unspecified atom stereocenters. The van der Waals surface area contributed by atoms with Crippen LogP contribution in [0.25, 0.3) is 0 Å². The number of hydrogen-bond donors (Lipinski definition) is 1. The topological polar surface area (TPSA) is 55.6 Å². The Hall–Kier alpha value is -1.07. The molecule has 1 fully saturated rings. The van der Waals surface area contributed by atoms with Gasteiger partial charge in [-0.25, -0.2) is 4.79 Å². The van der Waals surface area contributed by atoms with E-state index in [4.69, 9.17) is 10.5 Å². The number of rotatable bonds is 2. The molecule has 1 amide bonds. The Morgan fingerprint density at radius 2 is 2.40 bits per heavy atom. The molecule has 1 heterocycles. The van der Waals surface area contributed by atoms with Crippen LogP contribution in [0.15, 0.2) is 28.7 Å². The van der Waals surface area contributed by atoms with Crippen molar-refractivity contribution < 1.29 is 9.53 Å². The lowest BCUT2D eigenvalue weighted by Crippen LogP contribution is -2.38. The number of carbonyl (C=O) groups excluding carboxylic acids is 1. The first-order valence-corrected chi connectivity index (χ1v) is 5.43. The number of benzene rings is 1. The molecule has 1 aliphatic heterocycles. The largest absolute Gasteiger partial charge is 0.447 e. The maximum absolute atomic E-state index is 11.5. The molecule has 2 N–H and O–H groups in total. The number of carbonyl (C=O) groups is 1. The standard InChI is InChI=1S/C10H11BrN2O2/c11-7-2-1-3-8(4-7)13-9(5-12)6-15-10(13)14/h1-4,9H,5-6,12H2. The number of halogens is 1. The van der Waals surface area contributed by atoms with Crippen LogP contribution < -0.4 is 10.6 Å². The van der Waals surface area contributed by atoms with Gasteiger partial charge >= 0.3 is 6.09 Å². The molecule has 1 aliphatic rings. The Bertz CT molecular complexity index is 383. The summed E-state index contributed by atoms with van der Waals surface area (Å²) in [5.41, 5.74) is 6.38. The van der Waals surface area contributed by atoms with Crippen molar-refractivity contribution in [3.63, 3.8) is 0 Å². The van der Waals surface area contributed by atoms with Gasteiger partial charge in [0.25, 0.3) is 0 Å². The fourth-order valence-corrected chi connectivity index (χ4v) is 1.96. The van der Waals surface area contributed by atoms with Gasteiger partial charge < -0.3 is 10.5 Å². The van der Waals surface area contributed by atoms with Crippen LogP contribution in [0.2, 0.25) is 0 Å². The van der Waals surface area contributed by atoms with Crippen molar-refractivity contribution in [1.82, 2.24) is 0 Å². The normalized spacial score (nSPS) is 20.5. The Morgan fingerprint density at radius 3 is 3.07 bits per heavy atom. The highest BCUT2D eigenvalue weighted by molar-refractivity contribution is 9.10. The highest BCUT2D eigenvalue weighted by Crippen LogP contribution is 2.25. The molecule has 15 heavy (non-hydrogen) atoms. The molecular weight excluding hydrogens is 260 g/mol. The summed E-state index contributed by atoms with van der Waals surface area (Å²) < 4.78 is 5.88. The van der Waals surface area contributed by atoms with Gasteiger partial charge in [-0.3, -0.25) is 4.90 Å².